The Morgan fingerprint density at radius 1 is 1.26 bits per heavy atom. The third-order valence-electron chi connectivity index (χ3n) is 6.39. The van der Waals surface area contributed by atoms with Crippen LogP contribution in [0.1, 0.15) is 37.7 Å². The number of piperidine rings is 1. The number of fused-ring (bicyclic) bond motifs is 2. The van der Waals surface area contributed by atoms with Gasteiger partial charge in [-0.05, 0) is 37.2 Å². The van der Waals surface area contributed by atoms with Crippen LogP contribution in [0, 0.1) is 11.3 Å². The first kappa shape index (κ1) is 18.7. The minimum absolute atomic E-state index is 0.100. The summed E-state index contributed by atoms with van der Waals surface area (Å²) in [7, 11) is 0. The summed E-state index contributed by atoms with van der Waals surface area (Å²) in [6.07, 6.45) is 7.99. The Morgan fingerprint density at radius 3 is 2.93 bits per heavy atom. The van der Waals surface area contributed by atoms with E-state index in [2.05, 4.69) is 24.3 Å². The third-order valence-corrected chi connectivity index (χ3v) is 6.39. The summed E-state index contributed by atoms with van der Waals surface area (Å²) in [6.45, 7) is 1.91. The van der Waals surface area contributed by atoms with Crippen LogP contribution in [0.15, 0.2) is 42.5 Å². The minimum Gasteiger partial charge on any atom is -0.394 e. The van der Waals surface area contributed by atoms with Crippen molar-refractivity contribution in [3.63, 3.8) is 0 Å². The molecule has 0 saturated carbocycles. The second-order valence-electron chi connectivity index (χ2n) is 8.03. The van der Waals surface area contributed by atoms with Gasteiger partial charge in [0.1, 0.15) is 6.23 Å². The standard InChI is InChI=1S/C22H29NO4/c24-14-19-13-20(25)23-12-6-11-22(21(23)27-19)10-5-4-9-18(22)16-26-15-17-7-2-1-3-8-17/h1-5,7-8,18-19,21,24H,6,9-16H2/t18-,19+,21+,22+/m1/s1. The maximum atomic E-state index is 12.6. The molecule has 4 atom stereocenters. The van der Waals surface area contributed by atoms with Gasteiger partial charge in [0.05, 0.1) is 32.3 Å². The number of amides is 1. The van der Waals surface area contributed by atoms with E-state index >= 15 is 0 Å². The molecule has 5 heteroatoms. The molecule has 0 aromatic heterocycles. The van der Waals surface area contributed by atoms with Crippen molar-refractivity contribution in [3.05, 3.63) is 48.0 Å². The van der Waals surface area contributed by atoms with Gasteiger partial charge in [-0.2, -0.15) is 0 Å². The molecular weight excluding hydrogens is 342 g/mol. The summed E-state index contributed by atoms with van der Waals surface area (Å²) in [5.74, 6) is 0.423. The van der Waals surface area contributed by atoms with E-state index in [4.69, 9.17) is 9.47 Å². The molecule has 146 valence electrons. The van der Waals surface area contributed by atoms with Crippen molar-refractivity contribution in [2.75, 3.05) is 19.8 Å². The molecule has 0 radical (unpaired) electrons. The van der Waals surface area contributed by atoms with E-state index in [9.17, 15) is 9.90 Å². The fourth-order valence-electron chi connectivity index (χ4n) is 4.94. The van der Waals surface area contributed by atoms with E-state index < -0.39 is 0 Å². The highest BCUT2D eigenvalue weighted by Gasteiger charge is 2.54. The van der Waals surface area contributed by atoms with Gasteiger partial charge in [-0.25, -0.2) is 0 Å². The van der Waals surface area contributed by atoms with Crippen molar-refractivity contribution in [2.24, 2.45) is 11.3 Å². The summed E-state index contributed by atoms with van der Waals surface area (Å²) in [5, 5.41) is 9.58. The molecule has 0 unspecified atom stereocenters. The Hall–Kier alpha value is -1.69. The van der Waals surface area contributed by atoms with Crippen LogP contribution in [0.5, 0.6) is 0 Å². The summed E-state index contributed by atoms with van der Waals surface area (Å²) >= 11 is 0. The fraction of sp³-hybridized carbons (Fsp3) is 0.591. The number of aliphatic hydroxyl groups excluding tert-OH is 1. The monoisotopic (exact) mass is 371 g/mol. The molecular formula is C22H29NO4. The molecule has 4 rings (SSSR count). The number of rotatable bonds is 5. The summed E-state index contributed by atoms with van der Waals surface area (Å²) in [5.41, 5.74) is 1.06. The van der Waals surface area contributed by atoms with Gasteiger partial charge in [-0.3, -0.25) is 4.79 Å². The maximum Gasteiger partial charge on any atom is 0.227 e. The van der Waals surface area contributed by atoms with Crippen molar-refractivity contribution in [1.29, 1.82) is 0 Å². The van der Waals surface area contributed by atoms with Gasteiger partial charge < -0.3 is 19.5 Å². The first-order valence-corrected chi connectivity index (χ1v) is 10.1. The topological polar surface area (TPSA) is 59.0 Å². The van der Waals surface area contributed by atoms with Crippen LogP contribution < -0.4 is 0 Å². The molecule has 0 bridgehead atoms. The zero-order valence-corrected chi connectivity index (χ0v) is 15.8. The molecule has 1 aromatic carbocycles. The molecule has 1 amide bonds. The highest BCUT2D eigenvalue weighted by atomic mass is 16.5. The Balaban J connectivity index is 1.50. The van der Waals surface area contributed by atoms with Crippen molar-refractivity contribution < 1.29 is 19.4 Å². The number of carbonyl (C=O) groups is 1. The zero-order chi connectivity index (χ0) is 18.7. The highest BCUT2D eigenvalue weighted by Crippen LogP contribution is 2.51. The lowest BCUT2D eigenvalue weighted by Crippen LogP contribution is -2.63. The van der Waals surface area contributed by atoms with Gasteiger partial charge in [0.2, 0.25) is 5.91 Å². The van der Waals surface area contributed by atoms with Crippen molar-refractivity contribution in [1.82, 2.24) is 4.90 Å². The van der Waals surface area contributed by atoms with Crippen molar-refractivity contribution >= 4 is 5.91 Å². The predicted molar refractivity (Wildman–Crippen MR) is 102 cm³/mol. The van der Waals surface area contributed by atoms with Crippen LogP contribution in [-0.4, -0.2) is 48.0 Å². The SMILES string of the molecule is O=C1C[C@@H](CO)O[C@@H]2N1CCC[C@]21CC=CC[C@@H]1COCc1ccccc1. The molecule has 1 spiro atoms. The lowest BCUT2D eigenvalue weighted by Gasteiger charge is -2.56. The van der Waals surface area contributed by atoms with E-state index in [-0.39, 0.29) is 36.7 Å². The maximum absolute atomic E-state index is 12.6. The quantitative estimate of drug-likeness (QED) is 0.809. The zero-order valence-electron chi connectivity index (χ0n) is 15.8. The Labute approximate surface area is 161 Å². The molecule has 1 aromatic rings. The summed E-state index contributed by atoms with van der Waals surface area (Å²) in [6, 6.07) is 10.2. The second-order valence-corrected chi connectivity index (χ2v) is 8.03. The molecule has 1 N–H and O–H groups in total. The second kappa shape index (κ2) is 8.13. The number of carbonyl (C=O) groups excluding carboxylic acids is 1. The average Bonchev–Trinajstić information content (AvgIpc) is 2.71. The average molecular weight is 371 g/mol. The van der Waals surface area contributed by atoms with Crippen molar-refractivity contribution in [2.45, 2.75) is 51.0 Å². The Bertz CT molecular complexity index is 676. The van der Waals surface area contributed by atoms with Gasteiger partial charge in [0.25, 0.3) is 0 Å². The Kier molecular flexibility index (Phi) is 5.62. The molecule has 2 fully saturated rings. The normalized spacial score (nSPS) is 33.3. The first-order chi connectivity index (χ1) is 13.2. The largest absolute Gasteiger partial charge is 0.394 e. The van der Waals surface area contributed by atoms with E-state index in [1.807, 2.05) is 23.1 Å². The van der Waals surface area contributed by atoms with Gasteiger partial charge in [0.15, 0.2) is 0 Å². The number of aliphatic hydroxyl groups is 1. The predicted octanol–water partition coefficient (Wildman–Crippen LogP) is 2.89. The number of hydrogen-bond acceptors (Lipinski definition) is 4. The van der Waals surface area contributed by atoms with Crippen LogP contribution in [0.25, 0.3) is 0 Å². The van der Waals surface area contributed by atoms with E-state index in [0.717, 1.165) is 32.2 Å². The highest BCUT2D eigenvalue weighted by molar-refractivity contribution is 5.77. The number of allylic oxidation sites excluding steroid dienone is 2. The summed E-state index contributed by atoms with van der Waals surface area (Å²) < 4.78 is 12.4. The van der Waals surface area contributed by atoms with Crippen LogP contribution in [0.4, 0.5) is 0 Å². The number of benzene rings is 1. The van der Waals surface area contributed by atoms with Gasteiger partial charge in [0, 0.05) is 12.0 Å². The fourth-order valence-corrected chi connectivity index (χ4v) is 4.94. The van der Waals surface area contributed by atoms with E-state index in [0.29, 0.717) is 19.1 Å². The molecule has 2 saturated heterocycles. The summed E-state index contributed by atoms with van der Waals surface area (Å²) in [4.78, 5) is 14.5. The van der Waals surface area contributed by atoms with E-state index in [1.54, 1.807) is 0 Å². The molecule has 5 nitrogen and oxygen atoms in total. The lowest BCUT2D eigenvalue weighted by atomic mass is 9.63. The van der Waals surface area contributed by atoms with Gasteiger partial charge >= 0.3 is 0 Å². The molecule has 2 heterocycles. The molecule has 1 aliphatic carbocycles. The van der Waals surface area contributed by atoms with Gasteiger partial charge in [-0.1, -0.05) is 42.5 Å². The van der Waals surface area contributed by atoms with Crippen LogP contribution >= 0.6 is 0 Å². The van der Waals surface area contributed by atoms with Crippen molar-refractivity contribution in [3.8, 4) is 0 Å². The van der Waals surface area contributed by atoms with Crippen LogP contribution in [0.2, 0.25) is 0 Å². The molecule has 27 heavy (non-hydrogen) atoms. The van der Waals surface area contributed by atoms with Crippen LogP contribution in [0.3, 0.4) is 0 Å². The Morgan fingerprint density at radius 2 is 2.11 bits per heavy atom. The molecule has 3 aliphatic rings. The first-order valence-electron chi connectivity index (χ1n) is 10.1. The van der Waals surface area contributed by atoms with Crippen LogP contribution in [-0.2, 0) is 20.9 Å². The minimum atomic E-state index is -0.384. The number of nitrogens with zero attached hydrogens (tertiary/aromatic N) is 1. The van der Waals surface area contributed by atoms with E-state index in [1.165, 1.54) is 5.56 Å². The third kappa shape index (κ3) is 3.68. The number of hydrogen-bond donors (Lipinski definition) is 1. The van der Waals surface area contributed by atoms with Gasteiger partial charge in [-0.15, -0.1) is 0 Å². The smallest absolute Gasteiger partial charge is 0.227 e. The number of ether oxygens (including phenoxy) is 2. The lowest BCUT2D eigenvalue weighted by molar-refractivity contribution is -0.235. The molecule has 2 aliphatic heterocycles.